The van der Waals surface area contributed by atoms with Crippen molar-refractivity contribution in [2.45, 2.75) is 52.6 Å². The average Bonchev–Trinajstić information content (AvgIpc) is 2.63. The minimum absolute atomic E-state index is 0. The highest BCUT2D eigenvalue weighted by atomic mass is 127. The predicted octanol–water partition coefficient (Wildman–Crippen LogP) is 2.00. The SMILES string of the molecule is CCNC(=NCCCOC1CCOCC1)NCCC(=O)N(CC)CC.I. The van der Waals surface area contributed by atoms with Crippen molar-refractivity contribution < 1.29 is 14.3 Å². The lowest BCUT2D eigenvalue weighted by Gasteiger charge is -2.22. The minimum Gasteiger partial charge on any atom is -0.381 e. The first kappa shape index (κ1) is 25.4. The molecule has 0 aromatic rings. The predicted molar refractivity (Wildman–Crippen MR) is 116 cm³/mol. The molecule has 1 aliphatic rings. The number of hydrogen-bond donors (Lipinski definition) is 2. The molecule has 7 nitrogen and oxygen atoms in total. The van der Waals surface area contributed by atoms with Crippen molar-refractivity contribution in [3.05, 3.63) is 0 Å². The Kier molecular flexibility index (Phi) is 16.2. The Balaban J connectivity index is 0.00000625. The quantitative estimate of drug-likeness (QED) is 0.203. The zero-order chi connectivity index (χ0) is 18.3. The van der Waals surface area contributed by atoms with Crippen LogP contribution < -0.4 is 10.6 Å². The first-order valence-corrected chi connectivity index (χ1v) is 9.70. The highest BCUT2D eigenvalue weighted by Crippen LogP contribution is 2.10. The van der Waals surface area contributed by atoms with E-state index in [1.54, 1.807) is 0 Å². The van der Waals surface area contributed by atoms with E-state index in [2.05, 4.69) is 15.6 Å². The first-order valence-electron chi connectivity index (χ1n) is 9.70. The van der Waals surface area contributed by atoms with Gasteiger partial charge in [0.2, 0.25) is 5.91 Å². The molecule has 1 rings (SSSR count). The number of carbonyl (C=O) groups excluding carboxylic acids is 1. The van der Waals surface area contributed by atoms with Gasteiger partial charge in [0, 0.05) is 59.0 Å². The third-order valence-corrected chi connectivity index (χ3v) is 4.19. The summed E-state index contributed by atoms with van der Waals surface area (Å²) in [7, 11) is 0. The van der Waals surface area contributed by atoms with Crippen molar-refractivity contribution in [2.24, 2.45) is 4.99 Å². The van der Waals surface area contributed by atoms with Crippen LogP contribution in [-0.2, 0) is 14.3 Å². The second-order valence-electron chi connectivity index (χ2n) is 6.04. The summed E-state index contributed by atoms with van der Waals surface area (Å²) in [5.74, 6) is 0.944. The summed E-state index contributed by atoms with van der Waals surface area (Å²) in [5, 5.41) is 6.44. The summed E-state index contributed by atoms with van der Waals surface area (Å²) >= 11 is 0. The summed E-state index contributed by atoms with van der Waals surface area (Å²) in [6, 6.07) is 0. The number of nitrogens with one attached hydrogen (secondary N) is 2. The fourth-order valence-electron chi connectivity index (χ4n) is 2.71. The first-order chi connectivity index (χ1) is 12.2. The number of aliphatic imine (C=N–C) groups is 1. The highest BCUT2D eigenvalue weighted by Gasteiger charge is 2.13. The van der Waals surface area contributed by atoms with Gasteiger partial charge in [0.1, 0.15) is 0 Å². The fourth-order valence-corrected chi connectivity index (χ4v) is 2.71. The van der Waals surface area contributed by atoms with Gasteiger partial charge in [-0.3, -0.25) is 9.79 Å². The lowest BCUT2D eigenvalue weighted by atomic mass is 10.1. The van der Waals surface area contributed by atoms with Crippen LogP contribution >= 0.6 is 24.0 Å². The Morgan fingerprint density at radius 3 is 2.50 bits per heavy atom. The molecule has 1 aliphatic heterocycles. The Hall–Kier alpha value is -0.610. The number of carbonyl (C=O) groups is 1. The molecule has 0 aromatic heterocycles. The zero-order valence-electron chi connectivity index (χ0n) is 16.6. The fraction of sp³-hybridized carbons (Fsp3) is 0.889. The van der Waals surface area contributed by atoms with E-state index < -0.39 is 0 Å². The Morgan fingerprint density at radius 2 is 1.88 bits per heavy atom. The van der Waals surface area contributed by atoms with Crippen molar-refractivity contribution in [3.8, 4) is 0 Å². The Bertz CT molecular complexity index is 387. The molecule has 154 valence electrons. The lowest BCUT2D eigenvalue weighted by molar-refractivity contribution is -0.130. The van der Waals surface area contributed by atoms with Gasteiger partial charge in [-0.2, -0.15) is 0 Å². The average molecular weight is 484 g/mol. The number of halogens is 1. The second-order valence-corrected chi connectivity index (χ2v) is 6.04. The van der Waals surface area contributed by atoms with E-state index in [9.17, 15) is 4.79 Å². The van der Waals surface area contributed by atoms with E-state index in [1.165, 1.54) is 0 Å². The molecule has 1 saturated heterocycles. The third-order valence-electron chi connectivity index (χ3n) is 4.19. The molecule has 0 unspecified atom stereocenters. The van der Waals surface area contributed by atoms with Gasteiger partial charge in [-0.05, 0) is 40.0 Å². The van der Waals surface area contributed by atoms with Gasteiger partial charge in [-0.1, -0.05) is 0 Å². The van der Waals surface area contributed by atoms with Crippen molar-refractivity contribution in [1.29, 1.82) is 0 Å². The van der Waals surface area contributed by atoms with Gasteiger partial charge < -0.3 is 25.0 Å². The summed E-state index contributed by atoms with van der Waals surface area (Å²) in [6.45, 7) is 12.0. The van der Waals surface area contributed by atoms with Crippen LogP contribution in [0.3, 0.4) is 0 Å². The highest BCUT2D eigenvalue weighted by molar-refractivity contribution is 14.0. The molecule has 0 atom stereocenters. The van der Waals surface area contributed by atoms with Gasteiger partial charge in [0.05, 0.1) is 6.10 Å². The second kappa shape index (κ2) is 16.6. The van der Waals surface area contributed by atoms with E-state index >= 15 is 0 Å². The largest absolute Gasteiger partial charge is 0.381 e. The van der Waals surface area contributed by atoms with Crippen LogP contribution in [0.15, 0.2) is 4.99 Å². The topological polar surface area (TPSA) is 75.2 Å². The molecule has 0 spiro atoms. The number of hydrogen-bond acceptors (Lipinski definition) is 4. The van der Waals surface area contributed by atoms with Crippen molar-refractivity contribution in [3.63, 3.8) is 0 Å². The van der Waals surface area contributed by atoms with E-state index in [4.69, 9.17) is 9.47 Å². The number of amides is 1. The molecule has 0 saturated carbocycles. The van der Waals surface area contributed by atoms with Gasteiger partial charge >= 0.3 is 0 Å². The number of nitrogens with zero attached hydrogens (tertiary/aromatic N) is 2. The molecule has 2 N–H and O–H groups in total. The zero-order valence-corrected chi connectivity index (χ0v) is 18.9. The van der Waals surface area contributed by atoms with E-state index in [0.29, 0.717) is 25.6 Å². The molecule has 0 bridgehead atoms. The Labute approximate surface area is 175 Å². The monoisotopic (exact) mass is 484 g/mol. The molecular formula is C18H37IN4O3. The van der Waals surface area contributed by atoms with Crippen LogP contribution in [0.1, 0.15) is 46.5 Å². The molecule has 26 heavy (non-hydrogen) atoms. The number of rotatable bonds is 11. The maximum atomic E-state index is 12.0. The van der Waals surface area contributed by atoms with Crippen LogP contribution in [0.4, 0.5) is 0 Å². The molecule has 1 amide bonds. The van der Waals surface area contributed by atoms with Crippen molar-refractivity contribution in [1.82, 2.24) is 15.5 Å². The van der Waals surface area contributed by atoms with Crippen LogP contribution in [0.5, 0.6) is 0 Å². The third kappa shape index (κ3) is 11.2. The van der Waals surface area contributed by atoms with Crippen LogP contribution in [0.2, 0.25) is 0 Å². The summed E-state index contributed by atoms with van der Waals surface area (Å²) < 4.78 is 11.2. The molecule has 1 heterocycles. The van der Waals surface area contributed by atoms with Gasteiger partial charge in [0.15, 0.2) is 5.96 Å². The van der Waals surface area contributed by atoms with E-state index in [-0.39, 0.29) is 29.9 Å². The standard InChI is InChI=1S/C18H36N4O3.HI/c1-4-19-18(21-12-8-17(23)22(5-2)6-3)20-11-7-13-25-16-9-14-24-15-10-16;/h16H,4-15H2,1-3H3,(H2,19,20,21);1H. The van der Waals surface area contributed by atoms with Gasteiger partial charge in [-0.25, -0.2) is 0 Å². The molecule has 0 aromatic carbocycles. The van der Waals surface area contributed by atoms with Crippen LogP contribution in [-0.4, -0.2) is 75.4 Å². The molecule has 8 heteroatoms. The van der Waals surface area contributed by atoms with Crippen molar-refractivity contribution >= 4 is 35.8 Å². The Morgan fingerprint density at radius 1 is 1.19 bits per heavy atom. The molecule has 1 fully saturated rings. The van der Waals surface area contributed by atoms with Gasteiger partial charge in [0.25, 0.3) is 0 Å². The summed E-state index contributed by atoms with van der Waals surface area (Å²) in [6.07, 6.45) is 3.71. The van der Waals surface area contributed by atoms with Crippen LogP contribution in [0.25, 0.3) is 0 Å². The maximum absolute atomic E-state index is 12.0. The van der Waals surface area contributed by atoms with E-state index in [0.717, 1.165) is 64.7 Å². The summed E-state index contributed by atoms with van der Waals surface area (Å²) in [4.78, 5) is 18.4. The lowest BCUT2D eigenvalue weighted by Crippen LogP contribution is -2.40. The number of ether oxygens (including phenoxy) is 2. The minimum atomic E-state index is 0. The van der Waals surface area contributed by atoms with Gasteiger partial charge in [-0.15, -0.1) is 24.0 Å². The van der Waals surface area contributed by atoms with Crippen molar-refractivity contribution in [2.75, 3.05) is 52.5 Å². The molecule has 0 radical (unpaired) electrons. The number of guanidine groups is 1. The molecule has 0 aliphatic carbocycles. The van der Waals surface area contributed by atoms with E-state index in [1.807, 2.05) is 25.7 Å². The smallest absolute Gasteiger partial charge is 0.224 e. The molecular weight excluding hydrogens is 447 g/mol. The summed E-state index contributed by atoms with van der Waals surface area (Å²) in [5.41, 5.74) is 0. The van der Waals surface area contributed by atoms with Crippen LogP contribution in [0, 0.1) is 0 Å². The normalized spacial score (nSPS) is 15.3. The maximum Gasteiger partial charge on any atom is 0.224 e.